The van der Waals surface area contributed by atoms with Crippen molar-refractivity contribution >= 4 is 29.2 Å². The molecular formula is C23H26N2O4. The normalized spacial score (nSPS) is 16.6. The van der Waals surface area contributed by atoms with Gasteiger partial charge in [0.05, 0.1) is 24.3 Å². The average Bonchev–Trinajstić information content (AvgIpc) is 3.09. The zero-order valence-corrected chi connectivity index (χ0v) is 17.2. The van der Waals surface area contributed by atoms with E-state index in [-0.39, 0.29) is 29.2 Å². The van der Waals surface area contributed by atoms with E-state index in [1.165, 1.54) is 12.7 Å². The summed E-state index contributed by atoms with van der Waals surface area (Å²) in [7, 11) is 1.29. The topological polar surface area (TPSA) is 75.7 Å². The molecule has 1 atom stereocenters. The molecule has 2 amide bonds. The quantitative estimate of drug-likeness (QED) is 0.801. The van der Waals surface area contributed by atoms with E-state index in [0.717, 1.165) is 5.69 Å². The number of nitrogens with zero attached hydrogens (tertiary/aromatic N) is 1. The van der Waals surface area contributed by atoms with Crippen molar-refractivity contribution in [3.8, 4) is 0 Å². The molecular weight excluding hydrogens is 368 g/mol. The first-order chi connectivity index (χ1) is 13.7. The zero-order valence-electron chi connectivity index (χ0n) is 17.2. The Bertz CT molecular complexity index is 929. The Morgan fingerprint density at radius 2 is 1.72 bits per heavy atom. The Labute approximate surface area is 170 Å². The van der Waals surface area contributed by atoms with Gasteiger partial charge < -0.3 is 15.0 Å². The van der Waals surface area contributed by atoms with Crippen molar-refractivity contribution in [2.24, 2.45) is 5.92 Å². The van der Waals surface area contributed by atoms with Gasteiger partial charge in [-0.15, -0.1) is 0 Å². The van der Waals surface area contributed by atoms with Crippen LogP contribution in [-0.4, -0.2) is 31.4 Å². The Morgan fingerprint density at radius 3 is 2.34 bits per heavy atom. The number of rotatable bonds is 4. The van der Waals surface area contributed by atoms with Crippen LogP contribution in [0.4, 0.5) is 11.4 Å². The third kappa shape index (κ3) is 4.47. The van der Waals surface area contributed by atoms with Crippen molar-refractivity contribution in [1.82, 2.24) is 0 Å². The first-order valence-corrected chi connectivity index (χ1v) is 9.60. The van der Waals surface area contributed by atoms with Crippen LogP contribution < -0.4 is 10.2 Å². The predicted octanol–water partition coefficient (Wildman–Crippen LogP) is 3.76. The van der Waals surface area contributed by atoms with Crippen molar-refractivity contribution in [3.05, 3.63) is 59.7 Å². The van der Waals surface area contributed by atoms with E-state index in [9.17, 15) is 14.4 Å². The molecule has 0 bridgehead atoms. The van der Waals surface area contributed by atoms with Crippen molar-refractivity contribution in [2.75, 3.05) is 23.9 Å². The monoisotopic (exact) mass is 394 g/mol. The molecule has 0 saturated carbocycles. The summed E-state index contributed by atoms with van der Waals surface area (Å²) in [4.78, 5) is 38.8. The lowest BCUT2D eigenvalue weighted by Crippen LogP contribution is -2.28. The number of hydrogen-bond acceptors (Lipinski definition) is 4. The van der Waals surface area contributed by atoms with E-state index in [1.54, 1.807) is 29.2 Å². The van der Waals surface area contributed by atoms with Crippen LogP contribution in [0.1, 0.15) is 43.1 Å². The second-order valence-corrected chi connectivity index (χ2v) is 8.23. The number of carbonyl (C=O) groups excluding carboxylic acids is 3. The van der Waals surface area contributed by atoms with E-state index in [0.29, 0.717) is 12.2 Å². The maximum absolute atomic E-state index is 12.7. The van der Waals surface area contributed by atoms with E-state index in [4.69, 9.17) is 4.74 Å². The summed E-state index contributed by atoms with van der Waals surface area (Å²) >= 11 is 0. The molecule has 0 radical (unpaired) electrons. The highest BCUT2D eigenvalue weighted by atomic mass is 16.5. The van der Waals surface area contributed by atoms with Gasteiger partial charge in [0.2, 0.25) is 11.8 Å². The smallest absolute Gasteiger partial charge is 0.339 e. The summed E-state index contributed by atoms with van der Waals surface area (Å²) in [5.41, 5.74) is 2.66. The van der Waals surface area contributed by atoms with E-state index < -0.39 is 11.9 Å². The molecule has 0 aromatic heterocycles. The van der Waals surface area contributed by atoms with Crippen LogP contribution in [0.5, 0.6) is 0 Å². The second kappa shape index (κ2) is 8.07. The highest BCUT2D eigenvalue weighted by Crippen LogP contribution is 2.29. The van der Waals surface area contributed by atoms with Crippen LogP contribution in [0.25, 0.3) is 0 Å². The molecule has 1 saturated heterocycles. The largest absolute Gasteiger partial charge is 0.465 e. The number of nitrogens with one attached hydrogen (secondary N) is 1. The maximum Gasteiger partial charge on any atom is 0.339 e. The number of carbonyl (C=O) groups is 3. The summed E-state index contributed by atoms with van der Waals surface area (Å²) < 4.78 is 4.76. The lowest BCUT2D eigenvalue weighted by Gasteiger charge is -2.21. The molecule has 6 heteroatoms. The number of ether oxygens (including phenoxy) is 1. The van der Waals surface area contributed by atoms with Gasteiger partial charge in [-0.2, -0.15) is 0 Å². The van der Waals surface area contributed by atoms with Gasteiger partial charge >= 0.3 is 5.97 Å². The SMILES string of the molecule is COC(=O)c1ccccc1NC(=O)[C@H]1CC(=O)N(c2ccc(C(C)(C)C)cc2)C1. The minimum Gasteiger partial charge on any atom is -0.465 e. The zero-order chi connectivity index (χ0) is 21.2. The van der Waals surface area contributed by atoms with Crippen LogP contribution in [0.2, 0.25) is 0 Å². The standard InChI is InChI=1S/C23H26N2O4/c1-23(2,3)16-9-11-17(12-10-16)25-14-15(13-20(25)26)21(27)24-19-8-6-5-7-18(19)22(28)29-4/h5-12,15H,13-14H2,1-4H3,(H,24,27)/t15-/m0/s1. The summed E-state index contributed by atoms with van der Waals surface area (Å²) in [6.07, 6.45) is 0.132. The van der Waals surface area contributed by atoms with Crippen molar-refractivity contribution < 1.29 is 19.1 Å². The van der Waals surface area contributed by atoms with E-state index in [1.807, 2.05) is 24.3 Å². The Balaban J connectivity index is 1.72. The highest BCUT2D eigenvalue weighted by Gasteiger charge is 2.35. The molecule has 3 rings (SSSR count). The van der Waals surface area contributed by atoms with Crippen LogP contribution in [-0.2, 0) is 19.7 Å². The summed E-state index contributed by atoms with van der Waals surface area (Å²) in [5, 5.41) is 2.77. The summed E-state index contributed by atoms with van der Waals surface area (Å²) in [6, 6.07) is 14.5. The average molecular weight is 394 g/mol. The fraction of sp³-hybridized carbons (Fsp3) is 0.348. The van der Waals surface area contributed by atoms with Gasteiger partial charge in [0.1, 0.15) is 0 Å². The number of para-hydroxylation sites is 1. The van der Waals surface area contributed by atoms with Crippen LogP contribution in [0.15, 0.2) is 48.5 Å². The molecule has 29 heavy (non-hydrogen) atoms. The minimum atomic E-state index is -0.524. The Morgan fingerprint density at radius 1 is 1.07 bits per heavy atom. The number of hydrogen-bond donors (Lipinski definition) is 1. The number of esters is 1. The van der Waals surface area contributed by atoms with Crippen molar-refractivity contribution in [1.29, 1.82) is 0 Å². The van der Waals surface area contributed by atoms with Gasteiger partial charge in [-0.3, -0.25) is 9.59 Å². The molecule has 0 unspecified atom stereocenters. The molecule has 1 fully saturated rings. The molecule has 0 spiro atoms. The molecule has 2 aromatic carbocycles. The second-order valence-electron chi connectivity index (χ2n) is 8.23. The van der Waals surface area contributed by atoms with Gasteiger partial charge in [-0.25, -0.2) is 4.79 Å². The molecule has 2 aromatic rings. The number of methoxy groups -OCH3 is 1. The third-order valence-electron chi connectivity index (χ3n) is 5.13. The Kier molecular flexibility index (Phi) is 5.73. The molecule has 1 aliphatic rings. The molecule has 152 valence electrons. The van der Waals surface area contributed by atoms with Crippen LogP contribution >= 0.6 is 0 Å². The fourth-order valence-electron chi connectivity index (χ4n) is 3.39. The molecule has 0 aliphatic carbocycles. The lowest BCUT2D eigenvalue weighted by atomic mass is 9.87. The first-order valence-electron chi connectivity index (χ1n) is 9.60. The third-order valence-corrected chi connectivity index (χ3v) is 5.13. The van der Waals surface area contributed by atoms with Gasteiger partial charge in [0.15, 0.2) is 0 Å². The summed E-state index contributed by atoms with van der Waals surface area (Å²) in [6.45, 7) is 6.71. The molecule has 1 N–H and O–H groups in total. The first kappa shape index (κ1) is 20.6. The van der Waals surface area contributed by atoms with E-state index >= 15 is 0 Å². The lowest BCUT2D eigenvalue weighted by molar-refractivity contribution is -0.122. The maximum atomic E-state index is 12.7. The molecule has 6 nitrogen and oxygen atoms in total. The van der Waals surface area contributed by atoms with Crippen LogP contribution in [0, 0.1) is 5.92 Å². The summed E-state index contributed by atoms with van der Waals surface area (Å²) in [5.74, 6) is -1.39. The minimum absolute atomic E-state index is 0.0308. The number of anilines is 2. The van der Waals surface area contributed by atoms with Crippen molar-refractivity contribution in [2.45, 2.75) is 32.6 Å². The van der Waals surface area contributed by atoms with Gasteiger partial charge in [0, 0.05) is 18.7 Å². The van der Waals surface area contributed by atoms with Crippen molar-refractivity contribution in [3.63, 3.8) is 0 Å². The Hall–Kier alpha value is -3.15. The van der Waals surface area contributed by atoms with Gasteiger partial charge in [-0.1, -0.05) is 45.0 Å². The fourth-order valence-corrected chi connectivity index (χ4v) is 3.39. The van der Waals surface area contributed by atoms with Gasteiger partial charge in [-0.05, 0) is 35.2 Å². The van der Waals surface area contributed by atoms with Gasteiger partial charge in [0.25, 0.3) is 0 Å². The van der Waals surface area contributed by atoms with Crippen LogP contribution in [0.3, 0.4) is 0 Å². The number of amides is 2. The predicted molar refractivity (Wildman–Crippen MR) is 112 cm³/mol. The highest BCUT2D eigenvalue weighted by molar-refractivity contribution is 6.06. The molecule has 1 heterocycles. The number of benzene rings is 2. The van der Waals surface area contributed by atoms with E-state index in [2.05, 4.69) is 26.1 Å². The molecule has 1 aliphatic heterocycles.